The van der Waals surface area contributed by atoms with Crippen molar-refractivity contribution in [2.45, 2.75) is 6.04 Å². The molecule has 2 N–H and O–H groups in total. The molecule has 9 nitrogen and oxygen atoms in total. The standard InChI is InChI=1S/C19H19N5O4/c25-16-10-13(6-7-21-16)18-22-19(28-23-18)15-11-20-8-9-24(15)17(26)12-27-14-4-2-1-3-5-14/h1-7,10,15,20H,8-9,11-12H2,(H,21,25)/t15-/m1/s1. The van der Waals surface area contributed by atoms with Crippen molar-refractivity contribution >= 4 is 5.91 Å². The highest BCUT2D eigenvalue weighted by molar-refractivity contribution is 5.78. The van der Waals surface area contributed by atoms with E-state index in [1.165, 1.54) is 12.3 Å². The van der Waals surface area contributed by atoms with Gasteiger partial charge in [0.15, 0.2) is 6.61 Å². The second-order valence-corrected chi connectivity index (χ2v) is 6.31. The minimum Gasteiger partial charge on any atom is -0.484 e. The fourth-order valence-electron chi connectivity index (χ4n) is 3.04. The number of hydrogen-bond donors (Lipinski definition) is 2. The number of nitrogens with one attached hydrogen (secondary N) is 2. The van der Waals surface area contributed by atoms with Crippen LogP contribution in [0.4, 0.5) is 0 Å². The van der Waals surface area contributed by atoms with Gasteiger partial charge in [-0.2, -0.15) is 4.98 Å². The molecule has 0 unspecified atom stereocenters. The van der Waals surface area contributed by atoms with Gasteiger partial charge in [-0.25, -0.2) is 0 Å². The van der Waals surface area contributed by atoms with Crippen LogP contribution in [-0.4, -0.2) is 52.2 Å². The van der Waals surface area contributed by atoms with E-state index in [4.69, 9.17) is 9.26 Å². The minimum absolute atomic E-state index is 0.0738. The molecule has 2 aromatic heterocycles. The summed E-state index contributed by atoms with van der Waals surface area (Å²) < 4.78 is 11.0. The highest BCUT2D eigenvalue weighted by Gasteiger charge is 2.32. The zero-order valence-corrected chi connectivity index (χ0v) is 15.0. The number of para-hydroxylation sites is 1. The van der Waals surface area contributed by atoms with E-state index in [2.05, 4.69) is 20.4 Å². The number of aromatic amines is 1. The first-order chi connectivity index (χ1) is 13.7. The van der Waals surface area contributed by atoms with Crippen molar-refractivity contribution in [3.63, 3.8) is 0 Å². The third-order valence-electron chi connectivity index (χ3n) is 4.43. The number of amides is 1. The Kier molecular flexibility index (Phi) is 5.16. The number of piperazine rings is 1. The monoisotopic (exact) mass is 381 g/mol. The molecule has 9 heteroatoms. The van der Waals surface area contributed by atoms with Crippen molar-refractivity contribution in [2.75, 3.05) is 26.2 Å². The number of hydrogen-bond acceptors (Lipinski definition) is 7. The molecule has 1 aliphatic rings. The molecule has 1 aromatic carbocycles. The fraction of sp³-hybridized carbons (Fsp3) is 0.263. The summed E-state index contributed by atoms with van der Waals surface area (Å²) >= 11 is 0. The van der Waals surface area contributed by atoms with Gasteiger partial charge in [-0.15, -0.1) is 0 Å². The fourth-order valence-corrected chi connectivity index (χ4v) is 3.04. The van der Waals surface area contributed by atoms with Crippen LogP contribution in [0.3, 0.4) is 0 Å². The maximum Gasteiger partial charge on any atom is 0.261 e. The van der Waals surface area contributed by atoms with Crippen LogP contribution in [0.1, 0.15) is 11.9 Å². The summed E-state index contributed by atoms with van der Waals surface area (Å²) in [7, 11) is 0. The normalized spacial score (nSPS) is 16.7. The van der Waals surface area contributed by atoms with E-state index in [-0.39, 0.29) is 18.1 Å². The summed E-state index contributed by atoms with van der Waals surface area (Å²) in [5.41, 5.74) is 0.297. The average molecular weight is 381 g/mol. The molecule has 1 amide bonds. The number of ether oxygens (including phenoxy) is 1. The molecular weight excluding hydrogens is 362 g/mol. The number of benzene rings is 1. The van der Waals surface area contributed by atoms with Crippen molar-refractivity contribution in [3.05, 3.63) is 64.9 Å². The molecule has 0 saturated carbocycles. The van der Waals surface area contributed by atoms with Crippen LogP contribution in [0.15, 0.2) is 58.0 Å². The Morgan fingerprint density at radius 1 is 1.29 bits per heavy atom. The predicted octanol–water partition coefficient (Wildman–Crippen LogP) is 0.977. The molecule has 1 fully saturated rings. The van der Waals surface area contributed by atoms with E-state index < -0.39 is 6.04 Å². The zero-order chi connectivity index (χ0) is 19.3. The molecule has 28 heavy (non-hydrogen) atoms. The van der Waals surface area contributed by atoms with Gasteiger partial charge < -0.3 is 24.5 Å². The first-order valence-corrected chi connectivity index (χ1v) is 8.91. The maximum atomic E-state index is 12.7. The molecule has 144 valence electrons. The van der Waals surface area contributed by atoms with Gasteiger partial charge in [-0.05, 0) is 18.2 Å². The second kappa shape index (κ2) is 8.05. The quantitative estimate of drug-likeness (QED) is 0.677. The van der Waals surface area contributed by atoms with E-state index in [1.807, 2.05) is 18.2 Å². The van der Waals surface area contributed by atoms with Gasteiger partial charge in [0.25, 0.3) is 11.8 Å². The maximum absolute atomic E-state index is 12.7. The number of nitrogens with zero attached hydrogens (tertiary/aromatic N) is 3. The van der Waals surface area contributed by atoms with Gasteiger partial charge in [-0.3, -0.25) is 9.59 Å². The highest BCUT2D eigenvalue weighted by atomic mass is 16.5. The first-order valence-electron chi connectivity index (χ1n) is 8.91. The van der Waals surface area contributed by atoms with Gasteiger partial charge in [0, 0.05) is 37.5 Å². The Morgan fingerprint density at radius 2 is 2.14 bits per heavy atom. The molecular formula is C19H19N5O4. The van der Waals surface area contributed by atoms with Crippen LogP contribution in [0.25, 0.3) is 11.4 Å². The molecule has 0 aliphatic carbocycles. The summed E-state index contributed by atoms with van der Waals surface area (Å²) in [5, 5.41) is 7.19. The Morgan fingerprint density at radius 3 is 2.96 bits per heavy atom. The third kappa shape index (κ3) is 3.94. The van der Waals surface area contributed by atoms with E-state index in [1.54, 1.807) is 23.1 Å². The molecule has 1 atom stereocenters. The van der Waals surface area contributed by atoms with Gasteiger partial charge in [-0.1, -0.05) is 23.4 Å². The van der Waals surface area contributed by atoms with Crippen LogP contribution in [0.5, 0.6) is 5.75 Å². The molecule has 0 bridgehead atoms. The molecule has 1 aliphatic heterocycles. The molecule has 0 radical (unpaired) electrons. The van der Waals surface area contributed by atoms with E-state index in [9.17, 15) is 9.59 Å². The molecule has 3 aromatic rings. The first kappa shape index (κ1) is 17.9. The lowest BCUT2D eigenvalue weighted by molar-refractivity contribution is -0.137. The number of carbonyl (C=O) groups is 1. The minimum atomic E-state index is -0.399. The van der Waals surface area contributed by atoms with E-state index >= 15 is 0 Å². The van der Waals surface area contributed by atoms with Crippen LogP contribution in [0, 0.1) is 0 Å². The second-order valence-electron chi connectivity index (χ2n) is 6.31. The van der Waals surface area contributed by atoms with Gasteiger partial charge >= 0.3 is 0 Å². The number of pyridine rings is 1. The highest BCUT2D eigenvalue weighted by Crippen LogP contribution is 2.23. The van der Waals surface area contributed by atoms with E-state index in [0.717, 1.165) is 0 Å². The summed E-state index contributed by atoms with van der Waals surface area (Å²) in [4.78, 5) is 32.8. The third-order valence-corrected chi connectivity index (χ3v) is 4.43. The Bertz CT molecular complexity index is 1000. The molecule has 3 heterocycles. The van der Waals surface area contributed by atoms with Crippen molar-refractivity contribution in [2.24, 2.45) is 0 Å². The van der Waals surface area contributed by atoms with Crippen LogP contribution < -0.4 is 15.6 Å². The topological polar surface area (TPSA) is 113 Å². The predicted molar refractivity (Wildman–Crippen MR) is 99.6 cm³/mol. The zero-order valence-electron chi connectivity index (χ0n) is 15.0. The number of rotatable bonds is 5. The molecule has 1 saturated heterocycles. The number of H-pyrrole nitrogens is 1. The van der Waals surface area contributed by atoms with Crippen molar-refractivity contribution < 1.29 is 14.1 Å². The van der Waals surface area contributed by atoms with Gasteiger partial charge in [0.2, 0.25) is 11.4 Å². The summed E-state index contributed by atoms with van der Waals surface area (Å²) in [6, 6.07) is 11.9. The van der Waals surface area contributed by atoms with Gasteiger partial charge in [0.05, 0.1) is 0 Å². The Balaban J connectivity index is 1.49. The average Bonchev–Trinajstić information content (AvgIpc) is 3.23. The summed E-state index contributed by atoms with van der Waals surface area (Å²) in [5.74, 6) is 1.10. The lowest BCUT2D eigenvalue weighted by atomic mass is 10.2. The van der Waals surface area contributed by atoms with Crippen LogP contribution in [-0.2, 0) is 4.79 Å². The van der Waals surface area contributed by atoms with Crippen LogP contribution in [0.2, 0.25) is 0 Å². The molecule has 0 spiro atoms. The van der Waals surface area contributed by atoms with Crippen molar-refractivity contribution in [3.8, 4) is 17.1 Å². The van der Waals surface area contributed by atoms with Gasteiger partial charge in [0.1, 0.15) is 11.8 Å². The lowest BCUT2D eigenvalue weighted by Gasteiger charge is -2.33. The lowest BCUT2D eigenvalue weighted by Crippen LogP contribution is -2.50. The van der Waals surface area contributed by atoms with Crippen LogP contribution >= 0.6 is 0 Å². The van der Waals surface area contributed by atoms with Crippen molar-refractivity contribution in [1.82, 2.24) is 25.3 Å². The Hall–Kier alpha value is -3.46. The largest absolute Gasteiger partial charge is 0.484 e. The Labute approximate surface area is 160 Å². The summed E-state index contributed by atoms with van der Waals surface area (Å²) in [6.45, 7) is 1.59. The SMILES string of the molecule is O=C(COc1ccccc1)N1CCNC[C@@H]1c1nc(-c2cc[nH]c(=O)c2)no1. The molecule has 4 rings (SSSR count). The number of carbonyl (C=O) groups excluding carboxylic acids is 1. The summed E-state index contributed by atoms with van der Waals surface area (Å²) in [6.07, 6.45) is 1.52. The van der Waals surface area contributed by atoms with Crippen molar-refractivity contribution in [1.29, 1.82) is 0 Å². The van der Waals surface area contributed by atoms with E-state index in [0.29, 0.717) is 42.7 Å². The smallest absolute Gasteiger partial charge is 0.261 e. The number of aromatic nitrogens is 3.